The van der Waals surface area contributed by atoms with Crippen molar-refractivity contribution in [3.8, 4) is 17.2 Å². The molecule has 0 fully saturated rings. The Labute approximate surface area is 206 Å². The second-order valence-corrected chi connectivity index (χ2v) is 9.40. The van der Waals surface area contributed by atoms with Gasteiger partial charge in [-0.15, -0.1) is 0 Å². The Hall–Kier alpha value is -2.17. The van der Waals surface area contributed by atoms with Crippen molar-refractivity contribution in [2.45, 2.75) is 117 Å². The topological polar surface area (TPSA) is 60.7 Å². The van der Waals surface area contributed by atoms with Crippen LogP contribution < -0.4 is 15.0 Å². The van der Waals surface area contributed by atoms with Crippen LogP contribution in [0.5, 0.6) is 17.2 Å². The second kappa shape index (κ2) is 16.5. The van der Waals surface area contributed by atoms with E-state index in [1.165, 1.54) is 38.5 Å². The summed E-state index contributed by atoms with van der Waals surface area (Å²) in [6, 6.07) is 5.64. The second-order valence-electron chi connectivity index (χ2n) is 9.40. The number of unbranched alkanes of at least 4 members (excludes halogenated alkanes) is 11. The highest BCUT2D eigenvalue weighted by Crippen LogP contribution is 2.34. The van der Waals surface area contributed by atoms with Gasteiger partial charge in [0.05, 0.1) is 18.7 Å². The summed E-state index contributed by atoms with van der Waals surface area (Å²) in [6.45, 7) is 8.31. The van der Waals surface area contributed by atoms with E-state index in [1.807, 2.05) is 18.2 Å². The van der Waals surface area contributed by atoms with E-state index >= 15 is 0 Å². The summed E-state index contributed by atoms with van der Waals surface area (Å²) < 4.78 is 13.6. The molecular formula is C29H47NO4. The van der Waals surface area contributed by atoms with Gasteiger partial charge in [0.25, 0.3) is 5.56 Å². The lowest BCUT2D eigenvalue weighted by Gasteiger charge is -2.17. The number of fused-ring (bicyclic) bond motifs is 1. The molecule has 5 nitrogen and oxygen atoms in total. The Morgan fingerprint density at radius 1 is 0.735 bits per heavy atom. The first kappa shape index (κ1) is 28.1. The van der Waals surface area contributed by atoms with Crippen molar-refractivity contribution in [2.75, 3.05) is 13.2 Å². The van der Waals surface area contributed by atoms with Gasteiger partial charge in [-0.2, -0.15) is 0 Å². The number of aromatic hydroxyl groups is 1. The van der Waals surface area contributed by atoms with Gasteiger partial charge in [0.2, 0.25) is 5.75 Å². The van der Waals surface area contributed by atoms with Crippen molar-refractivity contribution in [3.05, 3.63) is 28.6 Å². The summed E-state index contributed by atoms with van der Waals surface area (Å²) in [4.78, 5) is 13.4. The van der Waals surface area contributed by atoms with E-state index < -0.39 is 0 Å². The summed E-state index contributed by atoms with van der Waals surface area (Å²) in [7, 11) is 0. The molecular weight excluding hydrogens is 426 g/mol. The zero-order chi connectivity index (χ0) is 24.6. The molecule has 0 spiro atoms. The summed E-state index contributed by atoms with van der Waals surface area (Å²) in [5.41, 5.74) is 0.481. The van der Waals surface area contributed by atoms with Crippen molar-refractivity contribution in [2.24, 2.45) is 0 Å². The molecule has 1 heterocycles. The van der Waals surface area contributed by atoms with Gasteiger partial charge >= 0.3 is 0 Å². The first-order chi connectivity index (χ1) is 16.6. The van der Waals surface area contributed by atoms with E-state index in [-0.39, 0.29) is 17.1 Å². The maximum absolute atomic E-state index is 13.4. The predicted molar refractivity (Wildman–Crippen MR) is 143 cm³/mol. The van der Waals surface area contributed by atoms with Crippen molar-refractivity contribution < 1.29 is 14.6 Å². The van der Waals surface area contributed by atoms with Crippen molar-refractivity contribution in [3.63, 3.8) is 0 Å². The molecule has 1 aromatic carbocycles. The number of hydrogen-bond donors (Lipinski definition) is 1. The number of benzene rings is 1. The Bertz CT molecular complexity index is 890. The van der Waals surface area contributed by atoms with Crippen molar-refractivity contribution >= 4 is 10.9 Å². The van der Waals surface area contributed by atoms with Gasteiger partial charge in [-0.25, -0.2) is 0 Å². The van der Waals surface area contributed by atoms with E-state index in [2.05, 4.69) is 20.8 Å². The van der Waals surface area contributed by atoms with Crippen LogP contribution in [0.4, 0.5) is 0 Å². The third-order valence-corrected chi connectivity index (χ3v) is 6.42. The zero-order valence-electron chi connectivity index (χ0n) is 21.9. The summed E-state index contributed by atoms with van der Waals surface area (Å²) >= 11 is 0. The molecule has 2 aromatic rings. The minimum atomic E-state index is -0.242. The van der Waals surface area contributed by atoms with Crippen molar-refractivity contribution in [1.82, 2.24) is 4.57 Å². The zero-order valence-corrected chi connectivity index (χ0v) is 21.9. The summed E-state index contributed by atoms with van der Waals surface area (Å²) in [6.07, 6.45) is 15.8. The quantitative estimate of drug-likeness (QED) is 0.210. The van der Waals surface area contributed by atoms with Crippen molar-refractivity contribution in [1.29, 1.82) is 0 Å². The van der Waals surface area contributed by atoms with Crippen LogP contribution in [0.15, 0.2) is 23.0 Å². The first-order valence-corrected chi connectivity index (χ1v) is 13.8. The number of pyridine rings is 1. The van der Waals surface area contributed by atoms with E-state index in [0.29, 0.717) is 25.1 Å². The van der Waals surface area contributed by atoms with Gasteiger partial charge in [-0.1, -0.05) is 91.4 Å². The highest BCUT2D eigenvalue weighted by molar-refractivity contribution is 5.88. The molecule has 2 rings (SSSR count). The van der Waals surface area contributed by atoms with E-state index in [1.54, 1.807) is 4.57 Å². The lowest BCUT2D eigenvalue weighted by Crippen LogP contribution is -2.23. The molecule has 34 heavy (non-hydrogen) atoms. The minimum Gasteiger partial charge on any atom is -0.504 e. The molecule has 0 aliphatic rings. The Balaban J connectivity index is 2.23. The molecule has 5 heteroatoms. The summed E-state index contributed by atoms with van der Waals surface area (Å²) in [5, 5.41) is 11.6. The smallest absolute Gasteiger partial charge is 0.297 e. The maximum atomic E-state index is 13.4. The van der Waals surface area contributed by atoms with E-state index in [4.69, 9.17) is 9.47 Å². The van der Waals surface area contributed by atoms with Gasteiger partial charge < -0.3 is 19.1 Å². The molecule has 0 saturated heterocycles. The van der Waals surface area contributed by atoms with Crippen LogP contribution in [-0.2, 0) is 6.54 Å². The highest BCUT2D eigenvalue weighted by Gasteiger charge is 2.18. The molecule has 0 amide bonds. The average Bonchev–Trinajstić information content (AvgIpc) is 2.84. The fourth-order valence-corrected chi connectivity index (χ4v) is 4.30. The lowest BCUT2D eigenvalue weighted by atomic mass is 10.1. The third kappa shape index (κ3) is 8.88. The minimum absolute atomic E-state index is 0.0517. The van der Waals surface area contributed by atoms with Crippen LogP contribution in [-0.4, -0.2) is 22.9 Å². The molecule has 1 N–H and O–H groups in total. The monoisotopic (exact) mass is 473 g/mol. The Morgan fingerprint density at radius 3 is 1.94 bits per heavy atom. The average molecular weight is 474 g/mol. The molecule has 0 aliphatic heterocycles. The highest BCUT2D eigenvalue weighted by atomic mass is 16.5. The third-order valence-electron chi connectivity index (χ3n) is 6.42. The molecule has 0 aliphatic carbocycles. The molecule has 0 bridgehead atoms. The van der Waals surface area contributed by atoms with Gasteiger partial charge in [-0.05, 0) is 31.4 Å². The molecule has 0 atom stereocenters. The number of hydrogen-bond acceptors (Lipinski definition) is 4. The predicted octanol–water partition coefficient (Wildman–Crippen LogP) is 7.99. The van der Waals surface area contributed by atoms with Crippen LogP contribution in [0, 0.1) is 0 Å². The van der Waals surface area contributed by atoms with Gasteiger partial charge in [0.1, 0.15) is 5.75 Å². The fraction of sp³-hybridized carbons (Fsp3) is 0.690. The summed E-state index contributed by atoms with van der Waals surface area (Å²) in [5.74, 6) is 0.778. The number of ether oxygens (including phenoxy) is 2. The van der Waals surface area contributed by atoms with E-state index in [0.717, 1.165) is 62.6 Å². The maximum Gasteiger partial charge on any atom is 0.297 e. The van der Waals surface area contributed by atoms with Crippen LogP contribution in [0.1, 0.15) is 111 Å². The van der Waals surface area contributed by atoms with Gasteiger partial charge in [0, 0.05) is 18.0 Å². The van der Waals surface area contributed by atoms with Gasteiger partial charge in [0.15, 0.2) is 5.75 Å². The fourth-order valence-electron chi connectivity index (χ4n) is 4.30. The lowest BCUT2D eigenvalue weighted by molar-refractivity contribution is 0.284. The van der Waals surface area contributed by atoms with E-state index in [9.17, 15) is 9.90 Å². The SMILES string of the molecule is CCCCCCCCn1c(=O)c(OCCCCCC)c(O)c2ccc(OCCCCCC)cc21. The molecule has 0 saturated carbocycles. The Morgan fingerprint density at radius 2 is 1.29 bits per heavy atom. The standard InChI is InChI=1S/C29H47NO4/c1-4-7-10-13-14-15-20-30-26-23-24(33-21-16-11-8-5-2)18-19-25(26)27(31)28(29(30)32)34-22-17-12-9-6-3/h18-19,23,31H,4-17,20-22H2,1-3H3. The van der Waals surface area contributed by atoms with Crippen LogP contribution >= 0.6 is 0 Å². The number of aromatic nitrogens is 1. The molecule has 1 aromatic heterocycles. The molecule has 0 radical (unpaired) electrons. The Kier molecular flexibility index (Phi) is 13.6. The largest absolute Gasteiger partial charge is 0.504 e. The van der Waals surface area contributed by atoms with Crippen LogP contribution in [0.25, 0.3) is 10.9 Å². The number of aryl methyl sites for hydroxylation is 1. The normalized spacial score (nSPS) is 11.3. The molecule has 192 valence electrons. The molecule has 0 unspecified atom stereocenters. The number of rotatable bonds is 19. The van der Waals surface area contributed by atoms with Crippen LogP contribution in [0.2, 0.25) is 0 Å². The first-order valence-electron chi connectivity index (χ1n) is 13.8. The van der Waals surface area contributed by atoms with Gasteiger partial charge in [-0.3, -0.25) is 4.79 Å². The van der Waals surface area contributed by atoms with Crippen LogP contribution in [0.3, 0.4) is 0 Å². The number of nitrogens with zero attached hydrogens (tertiary/aromatic N) is 1.